The summed E-state index contributed by atoms with van der Waals surface area (Å²) in [6, 6.07) is 5.73. The van der Waals surface area contributed by atoms with Gasteiger partial charge in [0.2, 0.25) is 5.91 Å². The molecular weight excluding hydrogens is 252 g/mol. The van der Waals surface area contributed by atoms with Crippen molar-refractivity contribution >= 4 is 17.8 Å². The first kappa shape index (κ1) is 17.8. The first-order valence-electron chi connectivity index (χ1n) is 6.28. The predicted molar refractivity (Wildman–Crippen MR) is 82.0 cm³/mol. The molecule has 4 heteroatoms. The number of ketones is 1. The summed E-state index contributed by atoms with van der Waals surface area (Å²) in [4.78, 5) is 25.6. The van der Waals surface area contributed by atoms with E-state index in [9.17, 15) is 9.59 Å². The molecule has 0 aliphatic rings. The van der Waals surface area contributed by atoms with Crippen LogP contribution in [0, 0.1) is 0 Å². The Morgan fingerprint density at radius 1 is 1.35 bits per heavy atom. The van der Waals surface area contributed by atoms with Crippen LogP contribution in [0.1, 0.15) is 32.9 Å². The number of hydrogen-bond acceptors (Lipinski definition) is 3. The summed E-state index contributed by atoms with van der Waals surface area (Å²) in [5, 5.41) is 2.66. The van der Waals surface area contributed by atoms with E-state index < -0.39 is 5.54 Å². The SMILES string of the molecule is C=CC(=O)NC(C)(C)CC(C)=O.C=Cc1ccccn1. The fourth-order valence-corrected chi connectivity index (χ4v) is 1.55. The minimum absolute atomic E-state index is 0.0596. The zero-order chi connectivity index (χ0) is 15.6. The molecule has 20 heavy (non-hydrogen) atoms. The summed E-state index contributed by atoms with van der Waals surface area (Å²) >= 11 is 0. The fraction of sp³-hybridized carbons (Fsp3) is 0.312. The van der Waals surface area contributed by atoms with E-state index in [-0.39, 0.29) is 11.7 Å². The lowest BCUT2D eigenvalue weighted by molar-refractivity contribution is -0.120. The Bertz CT molecular complexity index is 465. The summed E-state index contributed by atoms with van der Waals surface area (Å²) in [6.45, 7) is 12.0. The number of rotatable bonds is 5. The molecule has 1 N–H and O–H groups in total. The molecule has 0 unspecified atom stereocenters. The predicted octanol–water partition coefficient (Wildman–Crippen LogP) is 2.77. The number of hydrogen-bond donors (Lipinski definition) is 1. The molecule has 1 aromatic rings. The maximum atomic E-state index is 10.9. The third-order valence-corrected chi connectivity index (χ3v) is 2.23. The Kier molecular flexibility index (Phi) is 7.82. The molecule has 0 radical (unpaired) electrons. The second-order valence-corrected chi connectivity index (χ2v) is 4.91. The van der Waals surface area contributed by atoms with Crippen LogP contribution in [0.3, 0.4) is 0 Å². The summed E-state index contributed by atoms with van der Waals surface area (Å²) in [7, 11) is 0. The summed E-state index contributed by atoms with van der Waals surface area (Å²) in [5.74, 6) is -0.189. The third kappa shape index (κ3) is 8.80. The minimum atomic E-state index is -0.475. The average molecular weight is 274 g/mol. The quantitative estimate of drug-likeness (QED) is 0.840. The molecule has 0 aromatic carbocycles. The second kappa shape index (κ2) is 8.80. The highest BCUT2D eigenvalue weighted by molar-refractivity contribution is 5.88. The zero-order valence-corrected chi connectivity index (χ0v) is 12.3. The van der Waals surface area contributed by atoms with Crippen LogP contribution in [0.5, 0.6) is 0 Å². The largest absolute Gasteiger partial charge is 0.347 e. The van der Waals surface area contributed by atoms with Gasteiger partial charge < -0.3 is 5.32 Å². The van der Waals surface area contributed by atoms with Crippen molar-refractivity contribution < 1.29 is 9.59 Å². The standard InChI is InChI=1S/C9H15NO2.C7H7N/c1-5-8(12)10-9(3,4)6-7(2)11;1-2-7-5-3-4-6-8-7/h5H,1,6H2,2-4H3,(H,10,12);2-6H,1H2. The van der Waals surface area contributed by atoms with Gasteiger partial charge >= 0.3 is 0 Å². The normalized spacial score (nSPS) is 9.75. The highest BCUT2D eigenvalue weighted by Gasteiger charge is 2.20. The van der Waals surface area contributed by atoms with Crippen LogP contribution in [-0.2, 0) is 9.59 Å². The molecule has 0 fully saturated rings. The van der Waals surface area contributed by atoms with E-state index in [1.54, 1.807) is 26.1 Å². The Hall–Kier alpha value is -2.23. The average Bonchev–Trinajstić information content (AvgIpc) is 2.38. The molecule has 0 bridgehead atoms. The molecular formula is C16H22N2O2. The summed E-state index contributed by atoms with van der Waals surface area (Å²) < 4.78 is 0. The summed E-state index contributed by atoms with van der Waals surface area (Å²) in [5.41, 5.74) is 0.449. The minimum Gasteiger partial charge on any atom is -0.347 e. The Morgan fingerprint density at radius 2 is 2.00 bits per heavy atom. The van der Waals surface area contributed by atoms with Gasteiger partial charge in [0.1, 0.15) is 5.78 Å². The van der Waals surface area contributed by atoms with Crippen molar-refractivity contribution in [3.8, 4) is 0 Å². The van der Waals surface area contributed by atoms with E-state index in [1.807, 2.05) is 18.2 Å². The third-order valence-electron chi connectivity index (χ3n) is 2.23. The molecule has 0 aliphatic carbocycles. The molecule has 0 spiro atoms. The number of carbonyl (C=O) groups excluding carboxylic acids is 2. The van der Waals surface area contributed by atoms with Gasteiger partial charge in [-0.3, -0.25) is 14.6 Å². The van der Waals surface area contributed by atoms with Gasteiger partial charge in [0.25, 0.3) is 0 Å². The van der Waals surface area contributed by atoms with E-state index in [0.717, 1.165) is 5.69 Å². The summed E-state index contributed by atoms with van der Waals surface area (Å²) in [6.07, 6.45) is 5.01. The lowest BCUT2D eigenvalue weighted by Gasteiger charge is -2.23. The van der Waals surface area contributed by atoms with Crippen molar-refractivity contribution in [3.05, 3.63) is 49.3 Å². The van der Waals surface area contributed by atoms with Crippen LogP contribution in [0.2, 0.25) is 0 Å². The highest BCUT2D eigenvalue weighted by Crippen LogP contribution is 2.08. The molecule has 0 atom stereocenters. The Morgan fingerprint density at radius 3 is 2.35 bits per heavy atom. The van der Waals surface area contributed by atoms with E-state index >= 15 is 0 Å². The highest BCUT2D eigenvalue weighted by atomic mass is 16.1. The molecule has 1 amide bonds. The van der Waals surface area contributed by atoms with Crippen molar-refractivity contribution in [2.45, 2.75) is 32.7 Å². The van der Waals surface area contributed by atoms with E-state index in [4.69, 9.17) is 0 Å². The molecule has 1 aromatic heterocycles. The van der Waals surface area contributed by atoms with Gasteiger partial charge in [-0.05, 0) is 45.1 Å². The van der Waals surface area contributed by atoms with Crippen LogP contribution < -0.4 is 5.32 Å². The molecule has 1 heterocycles. The molecule has 108 valence electrons. The van der Waals surface area contributed by atoms with Crippen LogP contribution in [0.4, 0.5) is 0 Å². The number of nitrogens with zero attached hydrogens (tertiary/aromatic N) is 1. The number of carbonyl (C=O) groups is 2. The number of aromatic nitrogens is 1. The molecule has 1 rings (SSSR count). The maximum Gasteiger partial charge on any atom is 0.243 e. The first-order chi connectivity index (χ1) is 9.30. The zero-order valence-electron chi connectivity index (χ0n) is 12.3. The Balaban J connectivity index is 0.000000388. The van der Waals surface area contributed by atoms with Gasteiger partial charge in [-0.2, -0.15) is 0 Å². The maximum absolute atomic E-state index is 10.9. The van der Waals surface area contributed by atoms with Crippen LogP contribution in [-0.4, -0.2) is 22.2 Å². The van der Waals surface area contributed by atoms with Crippen molar-refractivity contribution in [2.75, 3.05) is 0 Å². The molecule has 0 aliphatic heterocycles. The van der Waals surface area contributed by atoms with E-state index in [1.165, 1.54) is 13.0 Å². The van der Waals surface area contributed by atoms with Gasteiger partial charge in [0, 0.05) is 18.2 Å². The van der Waals surface area contributed by atoms with Gasteiger partial charge in [-0.15, -0.1) is 0 Å². The van der Waals surface area contributed by atoms with Crippen LogP contribution >= 0.6 is 0 Å². The lowest BCUT2D eigenvalue weighted by atomic mass is 9.98. The van der Waals surface area contributed by atoms with Gasteiger partial charge in [-0.1, -0.05) is 19.2 Å². The lowest BCUT2D eigenvalue weighted by Crippen LogP contribution is -2.43. The van der Waals surface area contributed by atoms with Crippen LogP contribution in [0.15, 0.2) is 43.6 Å². The van der Waals surface area contributed by atoms with E-state index in [2.05, 4.69) is 23.5 Å². The molecule has 4 nitrogen and oxygen atoms in total. The molecule has 0 saturated heterocycles. The van der Waals surface area contributed by atoms with Crippen molar-refractivity contribution in [1.29, 1.82) is 0 Å². The second-order valence-electron chi connectivity index (χ2n) is 4.91. The van der Waals surface area contributed by atoms with Crippen LogP contribution in [0.25, 0.3) is 6.08 Å². The van der Waals surface area contributed by atoms with Crippen molar-refractivity contribution in [2.24, 2.45) is 0 Å². The van der Waals surface area contributed by atoms with Gasteiger partial charge in [0.05, 0.1) is 5.69 Å². The number of Topliss-reactive ketones (excluding diaryl/α,β-unsaturated/α-hetero) is 1. The Labute approximate surface area is 120 Å². The number of nitrogens with one attached hydrogen (secondary N) is 1. The smallest absolute Gasteiger partial charge is 0.243 e. The van der Waals surface area contributed by atoms with Gasteiger partial charge in [-0.25, -0.2) is 0 Å². The van der Waals surface area contributed by atoms with Crippen molar-refractivity contribution in [3.63, 3.8) is 0 Å². The number of amides is 1. The van der Waals surface area contributed by atoms with E-state index in [0.29, 0.717) is 6.42 Å². The first-order valence-corrected chi connectivity index (χ1v) is 6.28. The monoisotopic (exact) mass is 274 g/mol. The van der Waals surface area contributed by atoms with Crippen molar-refractivity contribution in [1.82, 2.24) is 10.3 Å². The van der Waals surface area contributed by atoms with Gasteiger partial charge in [0.15, 0.2) is 0 Å². The number of pyridine rings is 1. The fourth-order valence-electron chi connectivity index (χ4n) is 1.55. The topological polar surface area (TPSA) is 59.1 Å². The molecule has 0 saturated carbocycles.